The Kier molecular flexibility index (Phi) is 2.18. The number of ether oxygens (including phenoxy) is 1. The highest BCUT2D eigenvalue weighted by Gasteiger charge is 2.62. The first-order valence-corrected chi connectivity index (χ1v) is 6.66. The Morgan fingerprint density at radius 2 is 1.76 bits per heavy atom. The van der Waals surface area contributed by atoms with Gasteiger partial charge in [0.05, 0.1) is 0 Å². The molecule has 2 atom stereocenters. The van der Waals surface area contributed by atoms with Crippen molar-refractivity contribution in [3.8, 4) is 0 Å². The molecule has 0 saturated heterocycles. The molecule has 4 bridgehead atoms. The second kappa shape index (κ2) is 3.23. The van der Waals surface area contributed by atoms with Gasteiger partial charge in [-0.3, -0.25) is 4.79 Å². The lowest BCUT2D eigenvalue weighted by atomic mass is 9.48. The second-order valence-corrected chi connectivity index (χ2v) is 6.74. The zero-order valence-corrected chi connectivity index (χ0v) is 10.5. The molecule has 0 aromatic rings. The van der Waals surface area contributed by atoms with Crippen LogP contribution in [0.4, 0.5) is 0 Å². The fraction of sp³-hybridized carbons (Fsp3) is 0.923. The highest BCUT2D eigenvalue weighted by molar-refractivity contribution is 5.69. The van der Waals surface area contributed by atoms with Gasteiger partial charge in [-0.1, -0.05) is 6.92 Å². The Labute approximate surface area is 102 Å². The second-order valence-electron chi connectivity index (χ2n) is 6.74. The largest absolute Gasteiger partial charge is 0.459 e. The number of nitrogens with two attached hydrogens (primary N) is 2. The van der Waals surface area contributed by atoms with E-state index in [2.05, 4.69) is 0 Å². The number of carbonyl (C=O) groups is 1. The maximum Gasteiger partial charge on any atom is 0.306 e. The first kappa shape index (κ1) is 11.5. The average molecular weight is 238 g/mol. The molecule has 4 rings (SSSR count). The SMILES string of the molecule is CCC(=O)OC12CC3CC(N)(CC(N)(C3)C1)C2. The van der Waals surface area contributed by atoms with Crippen LogP contribution in [0.25, 0.3) is 0 Å². The van der Waals surface area contributed by atoms with Crippen molar-refractivity contribution in [2.75, 3.05) is 0 Å². The highest BCUT2D eigenvalue weighted by atomic mass is 16.6. The number of hydrogen-bond donors (Lipinski definition) is 2. The molecule has 4 N–H and O–H groups in total. The maximum atomic E-state index is 11.6. The van der Waals surface area contributed by atoms with Crippen LogP contribution in [0, 0.1) is 5.92 Å². The summed E-state index contributed by atoms with van der Waals surface area (Å²) in [5.41, 5.74) is 12.1. The molecule has 96 valence electrons. The van der Waals surface area contributed by atoms with Gasteiger partial charge in [0.2, 0.25) is 0 Å². The predicted octanol–water partition coefficient (Wildman–Crippen LogP) is 1.07. The lowest BCUT2D eigenvalue weighted by molar-refractivity contribution is -0.191. The van der Waals surface area contributed by atoms with E-state index in [0.717, 1.165) is 38.5 Å². The molecule has 0 radical (unpaired) electrons. The topological polar surface area (TPSA) is 78.3 Å². The van der Waals surface area contributed by atoms with E-state index in [-0.39, 0.29) is 22.6 Å². The first-order valence-electron chi connectivity index (χ1n) is 6.66. The molecular formula is C13H22N2O2. The Balaban J connectivity index is 1.89. The highest BCUT2D eigenvalue weighted by Crippen LogP contribution is 2.58. The summed E-state index contributed by atoms with van der Waals surface area (Å²) in [4.78, 5) is 11.6. The van der Waals surface area contributed by atoms with Crippen LogP contribution < -0.4 is 11.5 Å². The fourth-order valence-corrected chi connectivity index (χ4v) is 4.92. The molecule has 0 aromatic heterocycles. The molecule has 4 saturated carbocycles. The molecule has 4 aliphatic carbocycles. The zero-order chi connectivity index (χ0) is 12.3. The van der Waals surface area contributed by atoms with Crippen LogP contribution in [0.15, 0.2) is 0 Å². The molecule has 0 spiro atoms. The molecule has 0 aromatic carbocycles. The Hall–Kier alpha value is -0.610. The van der Waals surface area contributed by atoms with Crippen LogP contribution in [0.5, 0.6) is 0 Å². The smallest absolute Gasteiger partial charge is 0.306 e. The van der Waals surface area contributed by atoms with Crippen molar-refractivity contribution in [2.45, 2.75) is 68.5 Å². The normalized spacial score (nSPS) is 51.6. The third-order valence-corrected chi connectivity index (χ3v) is 4.72. The third-order valence-electron chi connectivity index (χ3n) is 4.72. The lowest BCUT2D eigenvalue weighted by Gasteiger charge is -2.63. The van der Waals surface area contributed by atoms with Crippen LogP contribution >= 0.6 is 0 Å². The molecule has 4 fully saturated rings. The summed E-state index contributed by atoms with van der Waals surface area (Å²) in [6.07, 6.45) is 6.01. The van der Waals surface area contributed by atoms with E-state index in [0.29, 0.717) is 12.3 Å². The van der Waals surface area contributed by atoms with Crippen molar-refractivity contribution in [1.29, 1.82) is 0 Å². The molecule has 17 heavy (non-hydrogen) atoms. The Bertz CT molecular complexity index is 350. The van der Waals surface area contributed by atoms with Crippen LogP contribution in [0.2, 0.25) is 0 Å². The van der Waals surface area contributed by atoms with Gasteiger partial charge in [0, 0.05) is 30.3 Å². The van der Waals surface area contributed by atoms with Gasteiger partial charge in [0.25, 0.3) is 0 Å². The molecule has 4 aliphatic rings. The monoisotopic (exact) mass is 238 g/mol. The van der Waals surface area contributed by atoms with Gasteiger partial charge in [-0.05, 0) is 31.6 Å². The molecule has 2 unspecified atom stereocenters. The van der Waals surface area contributed by atoms with Crippen molar-refractivity contribution in [3.63, 3.8) is 0 Å². The summed E-state index contributed by atoms with van der Waals surface area (Å²) < 4.78 is 5.73. The van der Waals surface area contributed by atoms with Crippen molar-refractivity contribution < 1.29 is 9.53 Å². The van der Waals surface area contributed by atoms with E-state index in [1.54, 1.807) is 0 Å². The van der Waals surface area contributed by atoms with Gasteiger partial charge in [-0.25, -0.2) is 0 Å². The predicted molar refractivity (Wildman–Crippen MR) is 64.1 cm³/mol. The minimum absolute atomic E-state index is 0.112. The van der Waals surface area contributed by atoms with E-state index < -0.39 is 0 Å². The van der Waals surface area contributed by atoms with Crippen LogP contribution in [0.1, 0.15) is 51.9 Å². The fourth-order valence-electron chi connectivity index (χ4n) is 4.92. The molecule has 4 heteroatoms. The summed E-state index contributed by atoms with van der Waals surface area (Å²) >= 11 is 0. The van der Waals surface area contributed by atoms with E-state index in [9.17, 15) is 4.79 Å². The summed E-state index contributed by atoms with van der Waals surface area (Å²) in [6, 6.07) is 0. The minimum Gasteiger partial charge on any atom is -0.459 e. The first-order chi connectivity index (χ1) is 7.86. The van der Waals surface area contributed by atoms with E-state index in [4.69, 9.17) is 16.2 Å². The van der Waals surface area contributed by atoms with Gasteiger partial charge in [-0.15, -0.1) is 0 Å². The third kappa shape index (κ3) is 1.78. The molecule has 0 heterocycles. The maximum absolute atomic E-state index is 11.6. The molecular weight excluding hydrogens is 216 g/mol. The molecule has 0 aliphatic heterocycles. The van der Waals surface area contributed by atoms with Crippen molar-refractivity contribution in [3.05, 3.63) is 0 Å². The van der Waals surface area contributed by atoms with Gasteiger partial charge in [-0.2, -0.15) is 0 Å². The van der Waals surface area contributed by atoms with Crippen molar-refractivity contribution in [1.82, 2.24) is 0 Å². The zero-order valence-electron chi connectivity index (χ0n) is 10.5. The Morgan fingerprint density at radius 3 is 2.24 bits per heavy atom. The quantitative estimate of drug-likeness (QED) is 0.705. The van der Waals surface area contributed by atoms with E-state index >= 15 is 0 Å². The summed E-state index contributed by atoms with van der Waals surface area (Å²) in [5.74, 6) is 0.435. The van der Waals surface area contributed by atoms with Crippen molar-refractivity contribution in [2.24, 2.45) is 17.4 Å². The van der Waals surface area contributed by atoms with E-state index in [1.807, 2.05) is 6.92 Å². The van der Waals surface area contributed by atoms with Gasteiger partial charge < -0.3 is 16.2 Å². The number of esters is 1. The minimum atomic E-state index is -0.351. The molecule has 0 amide bonds. The van der Waals surface area contributed by atoms with E-state index in [1.165, 1.54) is 0 Å². The Morgan fingerprint density at radius 1 is 1.18 bits per heavy atom. The standard InChI is InChI=1S/C13H22N2O2/c1-2-10(16)17-13-5-9-3-11(14,7-13)6-12(15,4-9)8-13/h9H,2-8,14-15H2,1H3. The van der Waals surface area contributed by atoms with Crippen molar-refractivity contribution >= 4 is 5.97 Å². The number of carbonyl (C=O) groups excluding carboxylic acids is 1. The van der Waals surface area contributed by atoms with Crippen LogP contribution in [-0.4, -0.2) is 22.6 Å². The number of hydrogen-bond acceptors (Lipinski definition) is 4. The van der Waals surface area contributed by atoms with Gasteiger partial charge >= 0.3 is 5.97 Å². The van der Waals surface area contributed by atoms with Gasteiger partial charge in [0.15, 0.2) is 0 Å². The average Bonchev–Trinajstić information content (AvgIpc) is 2.10. The van der Waals surface area contributed by atoms with Crippen LogP contribution in [0.3, 0.4) is 0 Å². The van der Waals surface area contributed by atoms with Gasteiger partial charge in [0.1, 0.15) is 5.60 Å². The van der Waals surface area contributed by atoms with Crippen LogP contribution in [-0.2, 0) is 9.53 Å². The molecule has 4 nitrogen and oxygen atoms in total. The summed E-state index contributed by atoms with van der Waals surface area (Å²) in [6.45, 7) is 1.83. The summed E-state index contributed by atoms with van der Waals surface area (Å²) in [7, 11) is 0. The lowest BCUT2D eigenvalue weighted by Crippen LogP contribution is -2.72. The number of rotatable bonds is 2. The summed E-state index contributed by atoms with van der Waals surface area (Å²) in [5, 5.41) is 0.